The second-order valence-electron chi connectivity index (χ2n) is 4.72. The van der Waals surface area contributed by atoms with Crippen LogP contribution in [0.5, 0.6) is 0 Å². The first kappa shape index (κ1) is 13.8. The Morgan fingerprint density at radius 3 is 2.82 bits per heavy atom. The van der Waals surface area contributed by atoms with Crippen LogP contribution in [0.3, 0.4) is 0 Å². The summed E-state index contributed by atoms with van der Waals surface area (Å²) in [5.74, 6) is 0.522. The van der Waals surface area contributed by atoms with Gasteiger partial charge in [-0.3, -0.25) is 0 Å². The monoisotopic (exact) mass is 228 g/mol. The second kappa shape index (κ2) is 7.11. The number of allylic oxidation sites excluding steroid dienone is 9. The molecule has 0 aliphatic heterocycles. The minimum Gasteiger partial charge on any atom is -0.0955 e. The first-order valence-electron chi connectivity index (χ1n) is 6.49. The molecule has 0 spiro atoms. The van der Waals surface area contributed by atoms with Crippen LogP contribution in [0, 0.1) is 5.92 Å². The summed E-state index contributed by atoms with van der Waals surface area (Å²) in [6, 6.07) is 0. The molecule has 0 aromatic carbocycles. The van der Waals surface area contributed by atoms with Crippen LogP contribution in [0.15, 0.2) is 59.8 Å². The van der Waals surface area contributed by atoms with Gasteiger partial charge < -0.3 is 0 Å². The van der Waals surface area contributed by atoms with Gasteiger partial charge in [0.1, 0.15) is 0 Å². The molecule has 0 saturated heterocycles. The quantitative estimate of drug-likeness (QED) is 0.570. The molecule has 0 fully saturated rings. The third kappa shape index (κ3) is 4.60. The molecular weight excluding hydrogens is 204 g/mol. The number of hydrogen-bond donors (Lipinski definition) is 0. The molecule has 1 rings (SSSR count). The van der Waals surface area contributed by atoms with Gasteiger partial charge in [-0.15, -0.1) is 0 Å². The van der Waals surface area contributed by atoms with Crippen LogP contribution in [-0.4, -0.2) is 0 Å². The van der Waals surface area contributed by atoms with Crippen molar-refractivity contribution in [2.75, 3.05) is 0 Å². The predicted octanol–water partition coefficient (Wildman–Crippen LogP) is 5.37. The van der Waals surface area contributed by atoms with Crippen LogP contribution in [0.4, 0.5) is 0 Å². The van der Waals surface area contributed by atoms with Crippen molar-refractivity contribution in [1.29, 1.82) is 0 Å². The zero-order valence-electron chi connectivity index (χ0n) is 11.4. The van der Waals surface area contributed by atoms with E-state index < -0.39 is 0 Å². The fourth-order valence-electron chi connectivity index (χ4n) is 2.06. The maximum Gasteiger partial charge on any atom is -0.00483 e. The minimum absolute atomic E-state index is 0.522. The molecule has 0 saturated carbocycles. The van der Waals surface area contributed by atoms with Crippen molar-refractivity contribution < 1.29 is 0 Å². The highest BCUT2D eigenvalue weighted by atomic mass is 14.1. The van der Waals surface area contributed by atoms with Crippen LogP contribution in [0.25, 0.3) is 0 Å². The zero-order chi connectivity index (χ0) is 12.7. The zero-order valence-corrected chi connectivity index (χ0v) is 11.4. The van der Waals surface area contributed by atoms with E-state index >= 15 is 0 Å². The Labute approximate surface area is 106 Å². The molecular formula is C17H24. The van der Waals surface area contributed by atoms with Crippen LogP contribution < -0.4 is 0 Å². The molecule has 0 aromatic rings. The highest BCUT2D eigenvalue weighted by molar-refractivity contribution is 5.40. The maximum atomic E-state index is 4.07. The van der Waals surface area contributed by atoms with Crippen molar-refractivity contribution >= 4 is 0 Å². The van der Waals surface area contributed by atoms with Gasteiger partial charge in [0.15, 0.2) is 0 Å². The van der Waals surface area contributed by atoms with Crippen molar-refractivity contribution in [1.82, 2.24) is 0 Å². The van der Waals surface area contributed by atoms with Crippen molar-refractivity contribution in [2.24, 2.45) is 5.92 Å². The fraction of sp³-hybridized carbons (Fsp3) is 0.412. The molecule has 0 amide bonds. The van der Waals surface area contributed by atoms with E-state index in [1.165, 1.54) is 11.1 Å². The molecule has 1 unspecified atom stereocenters. The Morgan fingerprint density at radius 1 is 1.41 bits per heavy atom. The largest absolute Gasteiger partial charge is 0.0955 e. The summed E-state index contributed by atoms with van der Waals surface area (Å²) >= 11 is 0. The van der Waals surface area contributed by atoms with Gasteiger partial charge in [-0.05, 0) is 44.6 Å². The topological polar surface area (TPSA) is 0 Å². The summed E-state index contributed by atoms with van der Waals surface area (Å²) in [5.41, 5.74) is 3.96. The number of rotatable bonds is 3. The van der Waals surface area contributed by atoms with Crippen LogP contribution in [-0.2, 0) is 0 Å². The van der Waals surface area contributed by atoms with E-state index in [0.29, 0.717) is 5.92 Å². The Morgan fingerprint density at radius 2 is 2.18 bits per heavy atom. The molecule has 17 heavy (non-hydrogen) atoms. The third-order valence-corrected chi connectivity index (χ3v) is 3.14. The van der Waals surface area contributed by atoms with Gasteiger partial charge in [-0.1, -0.05) is 61.1 Å². The smallest absolute Gasteiger partial charge is 0.00483 e. The van der Waals surface area contributed by atoms with E-state index in [-0.39, 0.29) is 0 Å². The lowest BCUT2D eigenvalue weighted by molar-refractivity contribution is 0.780. The lowest BCUT2D eigenvalue weighted by Crippen LogP contribution is -1.97. The van der Waals surface area contributed by atoms with Crippen molar-refractivity contribution in [3.05, 3.63) is 59.8 Å². The van der Waals surface area contributed by atoms with E-state index in [1.807, 2.05) is 0 Å². The van der Waals surface area contributed by atoms with Crippen LogP contribution >= 0.6 is 0 Å². The van der Waals surface area contributed by atoms with Gasteiger partial charge >= 0.3 is 0 Å². The molecule has 0 nitrogen and oxygen atoms in total. The molecule has 0 heteroatoms. The summed E-state index contributed by atoms with van der Waals surface area (Å²) in [6.45, 7) is 10.5. The molecule has 0 radical (unpaired) electrons. The highest BCUT2D eigenvalue weighted by Crippen LogP contribution is 2.24. The predicted molar refractivity (Wildman–Crippen MR) is 77.9 cm³/mol. The summed E-state index contributed by atoms with van der Waals surface area (Å²) in [7, 11) is 0. The van der Waals surface area contributed by atoms with Gasteiger partial charge in [0.2, 0.25) is 0 Å². The number of hydrogen-bond acceptors (Lipinski definition) is 0. The fourth-order valence-corrected chi connectivity index (χ4v) is 2.06. The summed E-state index contributed by atoms with van der Waals surface area (Å²) in [5, 5.41) is 0. The first-order chi connectivity index (χ1) is 8.15. The minimum atomic E-state index is 0.522. The van der Waals surface area contributed by atoms with Gasteiger partial charge in [-0.25, -0.2) is 0 Å². The normalized spacial score (nSPS) is 19.0. The summed E-state index contributed by atoms with van der Waals surface area (Å²) < 4.78 is 0. The lowest BCUT2D eigenvalue weighted by atomic mass is 9.93. The Balaban J connectivity index is 3.01. The van der Waals surface area contributed by atoms with Crippen molar-refractivity contribution in [2.45, 2.75) is 40.0 Å². The van der Waals surface area contributed by atoms with E-state index in [1.54, 1.807) is 0 Å². The molecule has 0 heterocycles. The molecule has 0 aromatic heterocycles. The highest BCUT2D eigenvalue weighted by Gasteiger charge is 2.07. The van der Waals surface area contributed by atoms with Crippen LogP contribution in [0.2, 0.25) is 0 Å². The lowest BCUT2D eigenvalue weighted by Gasteiger charge is -2.13. The van der Waals surface area contributed by atoms with Gasteiger partial charge in [0.25, 0.3) is 0 Å². The van der Waals surface area contributed by atoms with Gasteiger partial charge in [0.05, 0.1) is 0 Å². The Kier molecular flexibility index (Phi) is 5.76. The molecule has 0 N–H and O–H groups in total. The van der Waals surface area contributed by atoms with E-state index in [4.69, 9.17) is 0 Å². The Bertz CT molecular complexity index is 375. The summed E-state index contributed by atoms with van der Waals surface area (Å²) in [4.78, 5) is 0. The van der Waals surface area contributed by atoms with Gasteiger partial charge in [-0.2, -0.15) is 0 Å². The molecule has 1 aliphatic carbocycles. The van der Waals surface area contributed by atoms with Crippen LogP contribution in [0.1, 0.15) is 40.0 Å². The second-order valence-corrected chi connectivity index (χ2v) is 4.72. The van der Waals surface area contributed by atoms with E-state index in [0.717, 1.165) is 24.8 Å². The summed E-state index contributed by atoms with van der Waals surface area (Å²) in [6.07, 6.45) is 16.9. The van der Waals surface area contributed by atoms with Crippen molar-refractivity contribution in [3.8, 4) is 0 Å². The SMILES string of the molecule is C=C(C)C1=CCC=CCCC(C(C)C=CC)=C1. The Hall–Kier alpha value is -1.30. The maximum absolute atomic E-state index is 4.07. The van der Waals surface area contributed by atoms with E-state index in [9.17, 15) is 0 Å². The average Bonchev–Trinajstić information content (AvgIpc) is 2.40. The standard InChI is InChI=1S/C17H24/c1-5-10-15(4)17-12-9-7-6-8-11-16(13-17)14(2)3/h5-7,10-11,13,15H,2,8-9,12H2,1,3-4H3. The van der Waals surface area contributed by atoms with Crippen molar-refractivity contribution in [3.63, 3.8) is 0 Å². The molecule has 92 valence electrons. The van der Waals surface area contributed by atoms with Gasteiger partial charge in [0, 0.05) is 0 Å². The molecule has 1 aliphatic rings. The third-order valence-electron chi connectivity index (χ3n) is 3.14. The first-order valence-corrected chi connectivity index (χ1v) is 6.49. The van der Waals surface area contributed by atoms with E-state index in [2.05, 4.69) is 63.8 Å². The molecule has 0 bridgehead atoms. The average molecular weight is 228 g/mol. The molecule has 1 atom stereocenters.